The number of allylic oxidation sites excluding steroid dienone is 2. The van der Waals surface area contributed by atoms with E-state index in [1.807, 2.05) is 41.5 Å². The van der Waals surface area contributed by atoms with E-state index in [2.05, 4.69) is 0 Å². The highest BCUT2D eigenvalue weighted by molar-refractivity contribution is 5.93. The molecule has 2 heterocycles. The van der Waals surface area contributed by atoms with Crippen molar-refractivity contribution in [3.8, 4) is 0 Å². The Labute approximate surface area is 300 Å². The van der Waals surface area contributed by atoms with Crippen LogP contribution < -0.4 is 0 Å². The van der Waals surface area contributed by atoms with Crippen LogP contribution in [0.25, 0.3) is 0 Å². The first-order chi connectivity index (χ1) is 23.8. The van der Waals surface area contributed by atoms with E-state index >= 15 is 0 Å². The van der Waals surface area contributed by atoms with Crippen molar-refractivity contribution >= 4 is 23.9 Å². The van der Waals surface area contributed by atoms with E-state index in [0.717, 1.165) is 5.57 Å². The molecule has 0 aromatic carbocycles. The number of aliphatic hydroxyl groups excluding tert-OH is 1. The maximum absolute atomic E-state index is 13.2. The second-order valence-electron chi connectivity index (χ2n) is 16.6. The molecule has 4 fully saturated rings. The Morgan fingerprint density at radius 3 is 2.00 bits per heavy atom. The molecule has 280 valence electrons. The largest absolute Gasteiger partial charge is 0.459 e. The maximum Gasteiger partial charge on any atom is 0.334 e. The first-order valence-electron chi connectivity index (χ1n) is 18.4. The Morgan fingerprint density at radius 2 is 1.39 bits per heavy atom. The zero-order chi connectivity index (χ0) is 37.6. The van der Waals surface area contributed by atoms with Crippen LogP contribution in [0.4, 0.5) is 0 Å². The van der Waals surface area contributed by atoms with Crippen molar-refractivity contribution in [2.45, 2.75) is 156 Å². The van der Waals surface area contributed by atoms with Crippen LogP contribution in [0.15, 0.2) is 45.6 Å². The molecule has 0 aromatic rings. The lowest BCUT2D eigenvalue weighted by molar-refractivity contribution is -0.310. The Bertz CT molecular complexity index is 1660. The van der Waals surface area contributed by atoms with Crippen molar-refractivity contribution in [2.75, 3.05) is 0 Å². The molecule has 0 saturated heterocycles. The van der Waals surface area contributed by atoms with Crippen molar-refractivity contribution in [2.24, 2.45) is 22.7 Å². The van der Waals surface area contributed by atoms with Crippen LogP contribution in [0.3, 0.4) is 0 Å². The maximum atomic E-state index is 13.2. The molecule has 6 rings (SSSR count). The number of carbonyl (C=O) groups is 4. The lowest BCUT2D eigenvalue weighted by atomic mass is 9.47. The molecule has 4 aliphatic carbocycles. The van der Waals surface area contributed by atoms with Gasteiger partial charge in [-0.3, -0.25) is 0 Å². The molecule has 2 aliphatic heterocycles. The summed E-state index contributed by atoms with van der Waals surface area (Å²) in [6.45, 7) is 18.2. The van der Waals surface area contributed by atoms with E-state index in [9.17, 15) is 29.4 Å². The Kier molecular flexibility index (Phi) is 9.33. The van der Waals surface area contributed by atoms with Gasteiger partial charge in [-0.15, -0.1) is 0 Å². The summed E-state index contributed by atoms with van der Waals surface area (Å²) in [5.41, 5.74) is -1.63. The number of carbonyl (C=O) groups excluding carboxylic acids is 4. The smallest absolute Gasteiger partial charge is 0.334 e. The van der Waals surface area contributed by atoms with Crippen LogP contribution >= 0.6 is 0 Å². The number of aliphatic hydroxyl groups is 2. The molecule has 0 radical (unpaired) electrons. The molecular weight excluding hydrogens is 656 g/mol. The summed E-state index contributed by atoms with van der Waals surface area (Å²) in [6.07, 6.45) is 0.193. The predicted octanol–water partition coefficient (Wildman–Crippen LogP) is 5.12. The van der Waals surface area contributed by atoms with Gasteiger partial charge in [0.2, 0.25) is 0 Å². The SMILES string of the molecule is C/C=C(\C)C(=O)O[C@H]1CC[C@]2(O[C@@H]3C4=C(C)C(=O)O[C@@H]4C[C@@]4(O)CC[C@H](OC(=O)C=C(C)C)[C@H](C)[C@@]34C)C[C@H]3OC(=O)C(C)=C3[C@@H](O)[C@]2(C)[C@H]1C. The summed E-state index contributed by atoms with van der Waals surface area (Å²) in [7, 11) is 0. The van der Waals surface area contributed by atoms with Gasteiger partial charge in [-0.05, 0) is 67.2 Å². The number of fused-ring (bicyclic) bond motifs is 4. The summed E-state index contributed by atoms with van der Waals surface area (Å²) in [5.74, 6) is -2.79. The normalized spacial score (nSPS) is 43.3. The van der Waals surface area contributed by atoms with Crippen LogP contribution in [0.1, 0.15) is 108 Å². The molecule has 11 heteroatoms. The van der Waals surface area contributed by atoms with Crippen LogP contribution in [-0.4, -0.2) is 81.9 Å². The molecule has 0 bridgehead atoms. The summed E-state index contributed by atoms with van der Waals surface area (Å²) in [5, 5.41) is 25.2. The molecular formula is C40H54O11. The van der Waals surface area contributed by atoms with E-state index in [1.165, 1.54) is 6.08 Å². The molecule has 4 saturated carbocycles. The summed E-state index contributed by atoms with van der Waals surface area (Å²) in [6, 6.07) is 0. The standard InChI is InChI=1S/C40H54O11/c1-11-20(4)34(43)48-26-13-15-40(18-28-30(21(5)35(44)50-28)32(42)37(40,9)23(26)7)51-33-31-22(6)36(45)49-27(31)17-39(46)14-12-25(24(8)38(33,39)10)47-29(41)16-19(2)3/h11,16,23-28,32-33,42,46H,12-15,17-18H2,1-10H3/b20-11+/t23-,24-,25-,26-,27+,28+,32+,33+,37-,38-,39-,40-/m0/s1. The molecule has 51 heavy (non-hydrogen) atoms. The van der Waals surface area contributed by atoms with E-state index in [-0.39, 0.29) is 19.3 Å². The second-order valence-corrected chi connectivity index (χ2v) is 16.6. The second kappa shape index (κ2) is 12.7. The predicted molar refractivity (Wildman–Crippen MR) is 185 cm³/mol. The molecule has 11 nitrogen and oxygen atoms in total. The van der Waals surface area contributed by atoms with E-state index in [4.69, 9.17) is 23.7 Å². The monoisotopic (exact) mass is 710 g/mol. The minimum atomic E-state index is -1.38. The van der Waals surface area contributed by atoms with Crippen LogP contribution in [0.2, 0.25) is 0 Å². The van der Waals surface area contributed by atoms with Gasteiger partial charge in [-0.1, -0.05) is 39.3 Å². The van der Waals surface area contributed by atoms with Gasteiger partial charge >= 0.3 is 23.9 Å². The van der Waals surface area contributed by atoms with Gasteiger partial charge in [0.1, 0.15) is 24.4 Å². The number of esters is 4. The van der Waals surface area contributed by atoms with Crippen molar-refractivity contribution < 1.29 is 53.1 Å². The molecule has 2 N–H and O–H groups in total. The fourth-order valence-corrected chi connectivity index (χ4v) is 10.3. The number of hydrogen-bond donors (Lipinski definition) is 2. The third-order valence-electron chi connectivity index (χ3n) is 14.1. The highest BCUT2D eigenvalue weighted by atomic mass is 16.6. The lowest BCUT2D eigenvalue weighted by Crippen LogP contribution is -2.73. The van der Waals surface area contributed by atoms with Gasteiger partial charge in [0.25, 0.3) is 0 Å². The highest BCUT2D eigenvalue weighted by Crippen LogP contribution is 2.66. The van der Waals surface area contributed by atoms with Gasteiger partial charge in [-0.25, -0.2) is 19.2 Å². The average molecular weight is 711 g/mol. The minimum Gasteiger partial charge on any atom is -0.459 e. The van der Waals surface area contributed by atoms with E-state index < -0.39 is 94.4 Å². The summed E-state index contributed by atoms with van der Waals surface area (Å²) >= 11 is 0. The van der Waals surface area contributed by atoms with Crippen molar-refractivity contribution in [3.05, 3.63) is 45.6 Å². The van der Waals surface area contributed by atoms with Crippen molar-refractivity contribution in [1.82, 2.24) is 0 Å². The van der Waals surface area contributed by atoms with Crippen LogP contribution in [0.5, 0.6) is 0 Å². The van der Waals surface area contributed by atoms with E-state index in [0.29, 0.717) is 47.1 Å². The van der Waals surface area contributed by atoms with Crippen molar-refractivity contribution in [1.29, 1.82) is 0 Å². The molecule has 0 spiro atoms. The minimum absolute atomic E-state index is 0.165. The van der Waals surface area contributed by atoms with Gasteiger partial charge in [0.15, 0.2) is 0 Å². The summed E-state index contributed by atoms with van der Waals surface area (Å²) in [4.78, 5) is 52.2. The fourth-order valence-electron chi connectivity index (χ4n) is 10.3. The van der Waals surface area contributed by atoms with Crippen LogP contribution in [-0.2, 0) is 42.9 Å². The Balaban J connectivity index is 1.49. The molecule has 0 amide bonds. The lowest BCUT2D eigenvalue weighted by Gasteiger charge is -2.66. The topological polar surface area (TPSA) is 155 Å². The third-order valence-corrected chi connectivity index (χ3v) is 14.1. The quantitative estimate of drug-likeness (QED) is 0.214. The molecule has 6 aliphatic rings. The van der Waals surface area contributed by atoms with Gasteiger partial charge in [0, 0.05) is 69.4 Å². The molecule has 12 atom stereocenters. The summed E-state index contributed by atoms with van der Waals surface area (Å²) < 4.78 is 31.5. The van der Waals surface area contributed by atoms with Crippen LogP contribution in [0, 0.1) is 22.7 Å². The van der Waals surface area contributed by atoms with E-state index in [1.54, 1.807) is 33.8 Å². The third kappa shape index (κ3) is 5.39. The highest BCUT2D eigenvalue weighted by Gasteiger charge is 2.72. The zero-order valence-corrected chi connectivity index (χ0v) is 31.6. The fraction of sp³-hybridized carbons (Fsp3) is 0.700. The zero-order valence-electron chi connectivity index (χ0n) is 31.6. The number of rotatable bonds is 6. The van der Waals surface area contributed by atoms with Gasteiger partial charge < -0.3 is 33.9 Å². The molecule has 0 unspecified atom stereocenters. The average Bonchev–Trinajstić information content (AvgIpc) is 3.50. The van der Waals surface area contributed by atoms with Crippen molar-refractivity contribution in [3.63, 3.8) is 0 Å². The number of ether oxygens (including phenoxy) is 5. The molecule has 0 aromatic heterocycles. The van der Waals surface area contributed by atoms with Gasteiger partial charge in [-0.2, -0.15) is 0 Å². The Hall–Kier alpha value is -3.28. The first-order valence-corrected chi connectivity index (χ1v) is 18.4. The number of hydrogen-bond acceptors (Lipinski definition) is 11. The first kappa shape index (κ1) is 37.5. The Morgan fingerprint density at radius 1 is 0.843 bits per heavy atom. The van der Waals surface area contributed by atoms with Gasteiger partial charge in [0.05, 0.1) is 23.4 Å².